The zero-order valence-corrected chi connectivity index (χ0v) is 13.4. The summed E-state index contributed by atoms with van der Waals surface area (Å²) < 4.78 is 32.1. The predicted octanol–water partition coefficient (Wildman–Crippen LogP) is 0.425. The van der Waals surface area contributed by atoms with Crippen molar-refractivity contribution in [2.24, 2.45) is 0 Å². The maximum absolute atomic E-state index is 12.1. The Morgan fingerprint density at radius 3 is 2.86 bits per heavy atom. The zero-order valence-electron chi connectivity index (χ0n) is 12.5. The number of nitrogens with zero attached hydrogens (tertiary/aromatic N) is 1. The summed E-state index contributed by atoms with van der Waals surface area (Å²) >= 11 is 0. The number of nitrogens with one attached hydrogen (secondary N) is 2. The van der Waals surface area contributed by atoms with E-state index in [9.17, 15) is 8.42 Å². The lowest BCUT2D eigenvalue weighted by Gasteiger charge is -2.27. The standard InChI is InChI=1S/C14H25N3O3S/c1-13(4-5-14-3-2-11-20-14)16-21(18,19)12-10-17-8-6-15-7-9-17/h2-3,11,13,15-16H,4-10,12H2,1H3. The Hall–Kier alpha value is -0.890. The fraction of sp³-hybridized carbons (Fsp3) is 0.714. The SMILES string of the molecule is CC(CCc1ccco1)NS(=O)(=O)CCN1CCNCC1. The van der Waals surface area contributed by atoms with Crippen LogP contribution in [0.25, 0.3) is 0 Å². The van der Waals surface area contributed by atoms with Crippen LogP contribution in [0.3, 0.4) is 0 Å². The van der Waals surface area contributed by atoms with Crippen molar-refractivity contribution in [3.05, 3.63) is 24.2 Å². The van der Waals surface area contributed by atoms with Crippen molar-refractivity contribution >= 4 is 10.0 Å². The minimum Gasteiger partial charge on any atom is -0.469 e. The third-order valence-corrected chi connectivity index (χ3v) is 5.15. The Bertz CT molecular complexity index is 496. The molecule has 2 N–H and O–H groups in total. The molecule has 0 saturated carbocycles. The molecule has 0 aromatic carbocycles. The molecule has 7 heteroatoms. The van der Waals surface area contributed by atoms with Gasteiger partial charge in [-0.1, -0.05) is 0 Å². The molecular weight excluding hydrogens is 290 g/mol. The molecule has 120 valence electrons. The average Bonchev–Trinajstić information content (AvgIpc) is 2.97. The average molecular weight is 315 g/mol. The van der Waals surface area contributed by atoms with Crippen molar-refractivity contribution in [3.63, 3.8) is 0 Å². The van der Waals surface area contributed by atoms with Gasteiger partial charge in [0.25, 0.3) is 0 Å². The molecule has 1 aliphatic heterocycles. The molecule has 1 aromatic heterocycles. The number of piperazine rings is 1. The summed E-state index contributed by atoms with van der Waals surface area (Å²) in [6.07, 6.45) is 3.12. The Morgan fingerprint density at radius 2 is 2.19 bits per heavy atom. The fourth-order valence-corrected chi connectivity index (χ4v) is 3.77. The third kappa shape index (κ3) is 6.17. The largest absolute Gasteiger partial charge is 0.469 e. The molecule has 1 saturated heterocycles. The minimum absolute atomic E-state index is 0.0804. The van der Waals surface area contributed by atoms with Crippen molar-refractivity contribution < 1.29 is 12.8 Å². The maximum atomic E-state index is 12.1. The van der Waals surface area contributed by atoms with Crippen LogP contribution in [0.5, 0.6) is 0 Å². The van der Waals surface area contributed by atoms with Crippen LogP contribution in [0.1, 0.15) is 19.1 Å². The first-order valence-corrected chi connectivity index (χ1v) is 9.16. The Kier molecular flexibility index (Phi) is 6.22. The van der Waals surface area contributed by atoms with Crippen LogP contribution < -0.4 is 10.0 Å². The van der Waals surface area contributed by atoms with Gasteiger partial charge in [-0.05, 0) is 25.5 Å². The number of rotatable bonds is 8. The van der Waals surface area contributed by atoms with Crippen molar-refractivity contribution in [2.75, 3.05) is 38.5 Å². The summed E-state index contributed by atoms with van der Waals surface area (Å²) in [5.41, 5.74) is 0. The summed E-state index contributed by atoms with van der Waals surface area (Å²) in [7, 11) is -3.21. The molecule has 0 aliphatic carbocycles. The smallest absolute Gasteiger partial charge is 0.213 e. The summed E-state index contributed by atoms with van der Waals surface area (Å²) in [5, 5.41) is 3.26. The molecule has 1 aliphatic rings. The summed E-state index contributed by atoms with van der Waals surface area (Å²) in [5.74, 6) is 1.06. The Labute approximate surface area is 126 Å². The second-order valence-electron chi connectivity index (χ2n) is 5.55. The lowest BCUT2D eigenvalue weighted by atomic mass is 10.2. The highest BCUT2D eigenvalue weighted by molar-refractivity contribution is 7.89. The predicted molar refractivity (Wildman–Crippen MR) is 82.7 cm³/mol. The first-order chi connectivity index (χ1) is 10.1. The Balaban J connectivity index is 1.69. The fourth-order valence-electron chi connectivity index (χ4n) is 2.42. The molecule has 2 rings (SSSR count). The van der Waals surface area contributed by atoms with E-state index in [1.165, 1.54) is 0 Å². The van der Waals surface area contributed by atoms with Gasteiger partial charge in [-0.15, -0.1) is 0 Å². The summed E-state index contributed by atoms with van der Waals surface area (Å²) in [6.45, 7) is 6.21. The molecule has 0 bridgehead atoms. The zero-order chi connectivity index (χ0) is 15.1. The van der Waals surface area contributed by atoms with Gasteiger partial charge in [0.1, 0.15) is 5.76 Å². The van der Waals surface area contributed by atoms with E-state index in [4.69, 9.17) is 4.42 Å². The van der Waals surface area contributed by atoms with E-state index in [-0.39, 0.29) is 11.8 Å². The lowest BCUT2D eigenvalue weighted by Crippen LogP contribution is -2.46. The molecule has 0 amide bonds. The van der Waals surface area contributed by atoms with Gasteiger partial charge in [-0.25, -0.2) is 13.1 Å². The highest BCUT2D eigenvalue weighted by atomic mass is 32.2. The van der Waals surface area contributed by atoms with Gasteiger partial charge in [-0.3, -0.25) is 4.90 Å². The Morgan fingerprint density at radius 1 is 1.43 bits per heavy atom. The highest BCUT2D eigenvalue weighted by Crippen LogP contribution is 2.06. The molecule has 1 unspecified atom stereocenters. The van der Waals surface area contributed by atoms with Crippen molar-refractivity contribution in [1.82, 2.24) is 14.9 Å². The van der Waals surface area contributed by atoms with Crippen LogP contribution in [0.15, 0.2) is 22.8 Å². The van der Waals surface area contributed by atoms with E-state index in [0.717, 1.165) is 44.8 Å². The molecule has 21 heavy (non-hydrogen) atoms. The van der Waals surface area contributed by atoms with E-state index >= 15 is 0 Å². The normalized spacial score (nSPS) is 18.7. The molecule has 6 nitrogen and oxygen atoms in total. The minimum atomic E-state index is -3.21. The van der Waals surface area contributed by atoms with Gasteiger partial charge in [-0.2, -0.15) is 0 Å². The number of hydrogen-bond donors (Lipinski definition) is 2. The van der Waals surface area contributed by atoms with Gasteiger partial charge < -0.3 is 9.73 Å². The van der Waals surface area contributed by atoms with Crippen molar-refractivity contribution in [3.8, 4) is 0 Å². The number of furan rings is 1. The molecule has 1 atom stereocenters. The molecular formula is C14H25N3O3S. The molecule has 1 aromatic rings. The third-order valence-electron chi connectivity index (χ3n) is 3.67. The van der Waals surface area contributed by atoms with Gasteiger partial charge >= 0.3 is 0 Å². The number of aryl methyl sites for hydroxylation is 1. The first kappa shape index (κ1) is 16.5. The summed E-state index contributed by atoms with van der Waals surface area (Å²) in [4.78, 5) is 2.18. The van der Waals surface area contributed by atoms with E-state index < -0.39 is 10.0 Å². The monoisotopic (exact) mass is 315 g/mol. The second-order valence-corrected chi connectivity index (χ2v) is 7.42. The van der Waals surface area contributed by atoms with Crippen LogP contribution in [-0.4, -0.2) is 57.8 Å². The van der Waals surface area contributed by atoms with Gasteiger partial charge in [0.2, 0.25) is 10.0 Å². The molecule has 0 radical (unpaired) electrons. The second kappa shape index (κ2) is 7.93. The highest BCUT2D eigenvalue weighted by Gasteiger charge is 2.17. The quantitative estimate of drug-likeness (QED) is 0.727. The number of hydrogen-bond acceptors (Lipinski definition) is 5. The molecule has 1 fully saturated rings. The van der Waals surface area contributed by atoms with Crippen LogP contribution in [0.2, 0.25) is 0 Å². The van der Waals surface area contributed by atoms with Crippen molar-refractivity contribution in [2.45, 2.75) is 25.8 Å². The van der Waals surface area contributed by atoms with Crippen LogP contribution in [0.4, 0.5) is 0 Å². The van der Waals surface area contributed by atoms with Gasteiger partial charge in [0, 0.05) is 45.2 Å². The van der Waals surface area contributed by atoms with Gasteiger partial charge in [0.15, 0.2) is 0 Å². The lowest BCUT2D eigenvalue weighted by molar-refractivity contribution is 0.253. The van der Waals surface area contributed by atoms with E-state index in [0.29, 0.717) is 6.54 Å². The molecule has 0 spiro atoms. The molecule has 2 heterocycles. The van der Waals surface area contributed by atoms with Crippen LogP contribution in [0, 0.1) is 0 Å². The van der Waals surface area contributed by atoms with Gasteiger partial charge in [0.05, 0.1) is 12.0 Å². The number of sulfonamides is 1. The first-order valence-electron chi connectivity index (χ1n) is 7.50. The maximum Gasteiger partial charge on any atom is 0.213 e. The summed E-state index contributed by atoms with van der Waals surface area (Å²) in [6, 6.07) is 3.67. The van der Waals surface area contributed by atoms with Crippen LogP contribution in [-0.2, 0) is 16.4 Å². The van der Waals surface area contributed by atoms with Crippen LogP contribution >= 0.6 is 0 Å². The topological polar surface area (TPSA) is 74.6 Å². The van der Waals surface area contributed by atoms with Crippen molar-refractivity contribution in [1.29, 1.82) is 0 Å². The van der Waals surface area contributed by atoms with E-state index in [1.54, 1.807) is 6.26 Å². The van der Waals surface area contributed by atoms with E-state index in [1.807, 2.05) is 19.1 Å². The van der Waals surface area contributed by atoms with E-state index in [2.05, 4.69) is 14.9 Å².